The third-order valence-corrected chi connectivity index (χ3v) is 7.73. The number of alkyl halides is 3. The zero-order valence-electron chi connectivity index (χ0n) is 22.6. The fourth-order valence-corrected chi connectivity index (χ4v) is 5.69. The summed E-state index contributed by atoms with van der Waals surface area (Å²) in [6.45, 7) is 9.31. The number of hydrogen-bond acceptors (Lipinski definition) is 4. The number of piperidine rings is 1. The van der Waals surface area contributed by atoms with Crippen LogP contribution in [0.5, 0.6) is 5.75 Å². The first-order valence-corrected chi connectivity index (χ1v) is 13.6. The molecule has 2 atom stereocenters. The molecule has 0 saturated carbocycles. The molecule has 1 unspecified atom stereocenters. The summed E-state index contributed by atoms with van der Waals surface area (Å²) in [5.41, 5.74) is 1.98. The normalized spacial score (nSPS) is 20.8. The second kappa shape index (κ2) is 12.1. The molecule has 2 heterocycles. The summed E-state index contributed by atoms with van der Waals surface area (Å²) in [5.74, 6) is 0.884. The van der Waals surface area contributed by atoms with E-state index in [4.69, 9.17) is 4.74 Å². The molecule has 0 aliphatic carbocycles. The van der Waals surface area contributed by atoms with Gasteiger partial charge in [0.25, 0.3) is 0 Å². The van der Waals surface area contributed by atoms with E-state index >= 15 is 0 Å². The van der Waals surface area contributed by atoms with E-state index < -0.39 is 12.8 Å². The Labute approximate surface area is 224 Å². The molecule has 1 N–H and O–H groups in total. The molecule has 8 heteroatoms. The molecular formula is C30H40F3N3O2. The van der Waals surface area contributed by atoms with E-state index in [0.717, 1.165) is 43.6 Å². The molecule has 208 valence electrons. The van der Waals surface area contributed by atoms with Crippen molar-refractivity contribution in [1.29, 1.82) is 0 Å². The lowest BCUT2D eigenvalue weighted by atomic mass is 9.82. The molecule has 2 aliphatic rings. The molecule has 4 rings (SSSR count). The van der Waals surface area contributed by atoms with E-state index in [1.807, 2.05) is 30.3 Å². The monoisotopic (exact) mass is 531 g/mol. The Morgan fingerprint density at radius 2 is 1.61 bits per heavy atom. The van der Waals surface area contributed by atoms with E-state index in [9.17, 15) is 18.0 Å². The average Bonchev–Trinajstić information content (AvgIpc) is 2.88. The Hall–Kier alpha value is -2.58. The largest absolute Gasteiger partial charge is 0.484 e. The van der Waals surface area contributed by atoms with Crippen LogP contribution in [0.4, 0.5) is 13.2 Å². The maximum absolute atomic E-state index is 13.5. The average molecular weight is 532 g/mol. The van der Waals surface area contributed by atoms with E-state index in [1.165, 1.54) is 0 Å². The van der Waals surface area contributed by atoms with Crippen LogP contribution < -0.4 is 10.1 Å². The standard InChI is InChI=1S/C30H40F3N3O2/c1-29(2,3)26-20-35(17-18-36(26)27(37)19-22-13-15-34-16-14-22)28(23-7-5-4-6-8-23)24-9-11-25(12-10-24)38-21-30(31,32)33/h4-12,22,26,28,34H,13-21H2,1-3H3/t26-,28?/m1/s1. The second-order valence-corrected chi connectivity index (χ2v) is 11.6. The van der Waals surface area contributed by atoms with Crippen LogP contribution in [0.2, 0.25) is 0 Å². The minimum atomic E-state index is -4.38. The zero-order valence-corrected chi connectivity index (χ0v) is 22.6. The van der Waals surface area contributed by atoms with Crippen molar-refractivity contribution in [3.05, 3.63) is 65.7 Å². The summed E-state index contributed by atoms with van der Waals surface area (Å²) >= 11 is 0. The van der Waals surface area contributed by atoms with Crippen LogP contribution in [0.3, 0.4) is 0 Å². The van der Waals surface area contributed by atoms with Gasteiger partial charge in [0.05, 0.1) is 6.04 Å². The van der Waals surface area contributed by atoms with Crippen molar-refractivity contribution in [2.45, 2.75) is 58.3 Å². The van der Waals surface area contributed by atoms with Gasteiger partial charge in [-0.1, -0.05) is 63.2 Å². The Morgan fingerprint density at radius 3 is 2.21 bits per heavy atom. The Kier molecular flexibility index (Phi) is 9.04. The van der Waals surface area contributed by atoms with Gasteiger partial charge in [-0.05, 0) is 60.5 Å². The molecular weight excluding hydrogens is 491 g/mol. The fraction of sp³-hybridized carbons (Fsp3) is 0.567. The lowest BCUT2D eigenvalue weighted by Gasteiger charge is -2.49. The van der Waals surface area contributed by atoms with Gasteiger partial charge in [0, 0.05) is 32.1 Å². The highest BCUT2D eigenvalue weighted by molar-refractivity contribution is 5.77. The zero-order chi connectivity index (χ0) is 27.3. The number of benzene rings is 2. The van der Waals surface area contributed by atoms with E-state index in [1.54, 1.807) is 12.1 Å². The smallest absolute Gasteiger partial charge is 0.422 e. The minimum absolute atomic E-state index is 0.0473. The Bertz CT molecular complexity index is 1030. The van der Waals surface area contributed by atoms with Crippen molar-refractivity contribution in [2.75, 3.05) is 39.3 Å². The van der Waals surface area contributed by atoms with Gasteiger partial charge in [-0.15, -0.1) is 0 Å². The first kappa shape index (κ1) is 28.4. The van der Waals surface area contributed by atoms with Crippen molar-refractivity contribution in [1.82, 2.24) is 15.1 Å². The van der Waals surface area contributed by atoms with Gasteiger partial charge in [0.1, 0.15) is 5.75 Å². The van der Waals surface area contributed by atoms with Crippen molar-refractivity contribution < 1.29 is 22.7 Å². The molecule has 38 heavy (non-hydrogen) atoms. The van der Waals surface area contributed by atoms with E-state index in [0.29, 0.717) is 25.4 Å². The van der Waals surface area contributed by atoms with Gasteiger partial charge in [0.2, 0.25) is 5.91 Å². The number of nitrogens with one attached hydrogen (secondary N) is 1. The highest BCUT2D eigenvalue weighted by Crippen LogP contribution is 2.36. The molecule has 0 radical (unpaired) electrons. The van der Waals surface area contributed by atoms with Crippen molar-refractivity contribution in [3.63, 3.8) is 0 Å². The molecule has 2 saturated heterocycles. The molecule has 2 aromatic carbocycles. The third kappa shape index (κ3) is 7.50. The molecule has 1 amide bonds. The van der Waals surface area contributed by atoms with Crippen molar-refractivity contribution in [2.24, 2.45) is 11.3 Å². The number of amides is 1. The molecule has 0 bridgehead atoms. The summed E-state index contributed by atoms with van der Waals surface area (Å²) in [4.78, 5) is 18.0. The van der Waals surface area contributed by atoms with Gasteiger partial charge >= 0.3 is 6.18 Å². The topological polar surface area (TPSA) is 44.8 Å². The van der Waals surface area contributed by atoms with Crippen molar-refractivity contribution >= 4 is 5.91 Å². The maximum atomic E-state index is 13.5. The predicted molar refractivity (Wildman–Crippen MR) is 143 cm³/mol. The van der Waals surface area contributed by atoms with Gasteiger partial charge in [-0.3, -0.25) is 9.69 Å². The minimum Gasteiger partial charge on any atom is -0.484 e. The number of carbonyl (C=O) groups is 1. The number of carbonyl (C=O) groups excluding carboxylic acids is 1. The van der Waals surface area contributed by atoms with Crippen LogP contribution in [0.1, 0.15) is 57.2 Å². The van der Waals surface area contributed by atoms with Crippen LogP contribution in [0.15, 0.2) is 54.6 Å². The first-order chi connectivity index (χ1) is 18.0. The molecule has 5 nitrogen and oxygen atoms in total. The van der Waals surface area contributed by atoms with E-state index in [-0.39, 0.29) is 29.2 Å². The van der Waals surface area contributed by atoms with Crippen LogP contribution in [-0.2, 0) is 4.79 Å². The van der Waals surface area contributed by atoms with Gasteiger partial charge < -0.3 is 15.0 Å². The lowest BCUT2D eigenvalue weighted by molar-refractivity contribution is -0.153. The lowest BCUT2D eigenvalue weighted by Crippen LogP contribution is -2.60. The molecule has 2 aliphatic heterocycles. The summed E-state index contributed by atoms with van der Waals surface area (Å²) in [6, 6.07) is 17.0. The number of ether oxygens (including phenoxy) is 1. The Balaban J connectivity index is 1.55. The predicted octanol–water partition coefficient (Wildman–Crippen LogP) is 5.67. The highest BCUT2D eigenvalue weighted by Gasteiger charge is 2.40. The number of hydrogen-bond donors (Lipinski definition) is 1. The first-order valence-electron chi connectivity index (χ1n) is 13.6. The molecule has 0 spiro atoms. The number of piperazine rings is 1. The summed E-state index contributed by atoms with van der Waals surface area (Å²) < 4.78 is 42.7. The number of nitrogens with zero attached hydrogens (tertiary/aromatic N) is 2. The maximum Gasteiger partial charge on any atom is 0.422 e. The summed E-state index contributed by atoms with van der Waals surface area (Å²) in [5, 5.41) is 3.38. The molecule has 2 aromatic rings. The summed E-state index contributed by atoms with van der Waals surface area (Å²) in [6.07, 6.45) is -1.68. The number of halogens is 3. The number of rotatable bonds is 7. The van der Waals surface area contributed by atoms with Gasteiger partial charge in [-0.25, -0.2) is 0 Å². The Morgan fingerprint density at radius 1 is 0.974 bits per heavy atom. The molecule has 0 aromatic heterocycles. The SMILES string of the molecule is CC(C)(C)[C@H]1CN(C(c2ccccc2)c2ccc(OCC(F)(F)F)cc2)CCN1C(=O)CC1CCNCC1. The van der Waals surface area contributed by atoms with Crippen LogP contribution >= 0.6 is 0 Å². The second-order valence-electron chi connectivity index (χ2n) is 11.6. The van der Waals surface area contributed by atoms with Gasteiger partial charge in [0.15, 0.2) is 6.61 Å². The highest BCUT2D eigenvalue weighted by atomic mass is 19.4. The third-order valence-electron chi connectivity index (χ3n) is 7.73. The van der Waals surface area contributed by atoms with Crippen LogP contribution in [-0.4, -0.2) is 67.3 Å². The summed E-state index contributed by atoms with van der Waals surface area (Å²) in [7, 11) is 0. The quantitative estimate of drug-likeness (QED) is 0.501. The fourth-order valence-electron chi connectivity index (χ4n) is 5.69. The van der Waals surface area contributed by atoms with Crippen LogP contribution in [0, 0.1) is 11.3 Å². The van der Waals surface area contributed by atoms with Crippen LogP contribution in [0.25, 0.3) is 0 Å². The van der Waals surface area contributed by atoms with E-state index in [2.05, 4.69) is 48.0 Å². The molecule has 2 fully saturated rings. The van der Waals surface area contributed by atoms with Gasteiger partial charge in [-0.2, -0.15) is 13.2 Å². The van der Waals surface area contributed by atoms with Crippen molar-refractivity contribution in [3.8, 4) is 5.75 Å².